The third-order valence-corrected chi connectivity index (χ3v) is 6.31. The first-order valence-electron chi connectivity index (χ1n) is 11.3. The van der Waals surface area contributed by atoms with Crippen LogP contribution in [0.3, 0.4) is 0 Å². The summed E-state index contributed by atoms with van der Waals surface area (Å²) < 4.78 is 7.59. The number of rotatable bonds is 9. The van der Waals surface area contributed by atoms with Gasteiger partial charge in [0.2, 0.25) is 0 Å². The Hall–Kier alpha value is -2.50. The van der Waals surface area contributed by atoms with Crippen molar-refractivity contribution in [3.8, 4) is 5.75 Å². The lowest BCUT2D eigenvalue weighted by Gasteiger charge is -2.36. The van der Waals surface area contributed by atoms with Crippen LogP contribution in [-0.2, 0) is 13.1 Å². The minimum Gasteiger partial charge on any atom is -0.494 e. The molecular formula is C24H36N4O2. The summed E-state index contributed by atoms with van der Waals surface area (Å²) in [4.78, 5) is 19.2. The minimum absolute atomic E-state index is 0.0421. The molecule has 1 heterocycles. The minimum atomic E-state index is 0.0421. The van der Waals surface area contributed by atoms with Gasteiger partial charge in [0, 0.05) is 38.1 Å². The van der Waals surface area contributed by atoms with E-state index in [0.29, 0.717) is 31.5 Å². The van der Waals surface area contributed by atoms with Crippen molar-refractivity contribution in [2.24, 2.45) is 11.8 Å². The van der Waals surface area contributed by atoms with Crippen LogP contribution in [0, 0.1) is 11.8 Å². The van der Waals surface area contributed by atoms with Crippen LogP contribution in [0.15, 0.2) is 43.0 Å². The Labute approximate surface area is 180 Å². The Morgan fingerprint density at radius 1 is 1.27 bits per heavy atom. The van der Waals surface area contributed by atoms with Crippen molar-refractivity contribution in [2.45, 2.75) is 65.6 Å². The molecule has 0 aliphatic heterocycles. The fourth-order valence-electron chi connectivity index (χ4n) is 4.23. The molecule has 6 nitrogen and oxygen atoms in total. The van der Waals surface area contributed by atoms with Gasteiger partial charge in [0.1, 0.15) is 5.75 Å². The number of hydrogen-bond donors (Lipinski definition) is 1. The number of aromatic nitrogens is 2. The maximum atomic E-state index is 13.2. The van der Waals surface area contributed by atoms with E-state index in [1.54, 1.807) is 6.20 Å². The molecule has 1 aliphatic rings. The number of carbonyl (C=O) groups excluding carboxylic acids is 1. The van der Waals surface area contributed by atoms with E-state index in [1.807, 2.05) is 48.6 Å². The van der Waals surface area contributed by atoms with Gasteiger partial charge < -0.3 is 19.5 Å². The van der Waals surface area contributed by atoms with E-state index in [2.05, 4.69) is 28.7 Å². The molecule has 1 aliphatic carbocycles. The molecule has 1 fully saturated rings. The molecular weight excluding hydrogens is 376 g/mol. The van der Waals surface area contributed by atoms with Crippen molar-refractivity contribution in [1.29, 1.82) is 0 Å². The van der Waals surface area contributed by atoms with Gasteiger partial charge in [-0.15, -0.1) is 0 Å². The van der Waals surface area contributed by atoms with E-state index in [9.17, 15) is 4.79 Å². The van der Waals surface area contributed by atoms with Gasteiger partial charge in [0.15, 0.2) is 0 Å². The smallest absolute Gasteiger partial charge is 0.317 e. The Morgan fingerprint density at radius 3 is 2.77 bits per heavy atom. The number of carbonyl (C=O) groups is 1. The monoisotopic (exact) mass is 412 g/mol. The van der Waals surface area contributed by atoms with E-state index in [4.69, 9.17) is 4.74 Å². The number of aryl methyl sites for hydroxylation is 1. The van der Waals surface area contributed by atoms with Gasteiger partial charge >= 0.3 is 6.03 Å². The predicted octanol–water partition coefficient (Wildman–Crippen LogP) is 4.71. The number of urea groups is 1. The molecule has 0 spiro atoms. The SMILES string of the molecule is CCOc1ccc(CN(CCCn2ccnc2)C(=O)NC2CCCC(C)C2C)cc1. The number of imidazole rings is 1. The normalized spacial score (nSPS) is 21.2. The second kappa shape index (κ2) is 11.0. The van der Waals surface area contributed by atoms with E-state index in [1.165, 1.54) is 12.8 Å². The van der Waals surface area contributed by atoms with Crippen molar-refractivity contribution < 1.29 is 9.53 Å². The molecule has 3 rings (SSSR count). The summed E-state index contributed by atoms with van der Waals surface area (Å²) in [6, 6.07) is 8.35. The summed E-state index contributed by atoms with van der Waals surface area (Å²) >= 11 is 0. The standard InChI is InChI=1S/C24H36N4O2/c1-4-30-22-11-9-21(10-12-22)17-28(15-6-14-27-16-13-25-18-27)24(29)26-23-8-5-7-19(2)20(23)3/h9-13,16,18-20,23H,4-8,14-15,17H2,1-3H3,(H,26,29). The molecule has 0 radical (unpaired) electrons. The summed E-state index contributed by atoms with van der Waals surface area (Å²) in [5.74, 6) is 2.04. The first-order chi connectivity index (χ1) is 14.6. The molecule has 1 N–H and O–H groups in total. The van der Waals surface area contributed by atoms with Gasteiger partial charge in [-0.1, -0.05) is 38.8 Å². The molecule has 3 unspecified atom stereocenters. The third kappa shape index (κ3) is 6.25. The zero-order chi connectivity index (χ0) is 21.3. The number of nitrogens with zero attached hydrogens (tertiary/aromatic N) is 3. The maximum Gasteiger partial charge on any atom is 0.317 e. The van der Waals surface area contributed by atoms with Crippen molar-refractivity contribution in [3.63, 3.8) is 0 Å². The fraction of sp³-hybridized carbons (Fsp3) is 0.583. The van der Waals surface area contributed by atoms with Gasteiger partial charge in [-0.2, -0.15) is 0 Å². The molecule has 30 heavy (non-hydrogen) atoms. The highest BCUT2D eigenvalue weighted by molar-refractivity contribution is 5.74. The number of hydrogen-bond acceptors (Lipinski definition) is 3. The zero-order valence-corrected chi connectivity index (χ0v) is 18.6. The molecule has 0 bridgehead atoms. The first-order valence-corrected chi connectivity index (χ1v) is 11.3. The van der Waals surface area contributed by atoms with Crippen molar-refractivity contribution in [3.05, 3.63) is 48.5 Å². The number of ether oxygens (including phenoxy) is 1. The Bertz CT molecular complexity index is 760. The summed E-state index contributed by atoms with van der Waals surface area (Å²) in [5, 5.41) is 3.34. The van der Waals surface area contributed by atoms with Gasteiger partial charge in [-0.05, 0) is 49.3 Å². The lowest BCUT2D eigenvalue weighted by atomic mass is 9.78. The average molecular weight is 413 g/mol. The Morgan fingerprint density at radius 2 is 2.07 bits per heavy atom. The fourth-order valence-corrected chi connectivity index (χ4v) is 4.23. The first kappa shape index (κ1) is 22.2. The Kier molecular flexibility index (Phi) is 8.17. The van der Waals surface area contributed by atoms with Crippen LogP contribution in [0.1, 0.15) is 52.0 Å². The molecule has 3 atom stereocenters. The van der Waals surface area contributed by atoms with Crippen LogP contribution in [0.5, 0.6) is 5.75 Å². The molecule has 6 heteroatoms. The Balaban J connectivity index is 1.63. The van der Waals surface area contributed by atoms with Crippen LogP contribution in [0.4, 0.5) is 4.79 Å². The van der Waals surface area contributed by atoms with Gasteiger partial charge in [-0.3, -0.25) is 0 Å². The number of benzene rings is 1. The summed E-state index contributed by atoms with van der Waals surface area (Å²) in [5.41, 5.74) is 1.11. The lowest BCUT2D eigenvalue weighted by Crippen LogP contribution is -2.49. The molecule has 1 aromatic heterocycles. The third-order valence-electron chi connectivity index (χ3n) is 6.31. The molecule has 0 saturated heterocycles. The van der Waals surface area contributed by atoms with Crippen molar-refractivity contribution in [1.82, 2.24) is 19.8 Å². The predicted molar refractivity (Wildman–Crippen MR) is 119 cm³/mol. The highest BCUT2D eigenvalue weighted by Crippen LogP contribution is 2.29. The van der Waals surface area contributed by atoms with Gasteiger partial charge in [-0.25, -0.2) is 9.78 Å². The quantitative estimate of drug-likeness (QED) is 0.649. The van der Waals surface area contributed by atoms with Crippen LogP contribution in [0.2, 0.25) is 0 Å². The highest BCUT2D eigenvalue weighted by atomic mass is 16.5. The molecule has 2 aromatic rings. The molecule has 1 aromatic carbocycles. The van der Waals surface area contributed by atoms with Gasteiger partial charge in [0.25, 0.3) is 0 Å². The van der Waals surface area contributed by atoms with E-state index < -0.39 is 0 Å². The van der Waals surface area contributed by atoms with Crippen LogP contribution in [0.25, 0.3) is 0 Å². The zero-order valence-electron chi connectivity index (χ0n) is 18.6. The summed E-state index contributed by atoms with van der Waals surface area (Å²) in [6.07, 6.45) is 9.98. The topological polar surface area (TPSA) is 59.4 Å². The summed E-state index contributed by atoms with van der Waals surface area (Å²) in [6.45, 7) is 9.35. The van der Waals surface area contributed by atoms with E-state index in [0.717, 1.165) is 30.7 Å². The van der Waals surface area contributed by atoms with Crippen LogP contribution < -0.4 is 10.1 Å². The largest absolute Gasteiger partial charge is 0.494 e. The van der Waals surface area contributed by atoms with Crippen LogP contribution in [-0.4, -0.2) is 39.7 Å². The van der Waals surface area contributed by atoms with Crippen molar-refractivity contribution >= 4 is 6.03 Å². The van der Waals surface area contributed by atoms with Crippen LogP contribution >= 0.6 is 0 Å². The molecule has 1 saturated carbocycles. The summed E-state index contributed by atoms with van der Waals surface area (Å²) in [7, 11) is 0. The number of amides is 2. The second-order valence-electron chi connectivity index (χ2n) is 8.48. The van der Waals surface area contributed by atoms with Crippen molar-refractivity contribution in [2.75, 3.05) is 13.2 Å². The molecule has 2 amide bonds. The average Bonchev–Trinajstić information content (AvgIpc) is 3.26. The second-order valence-corrected chi connectivity index (χ2v) is 8.48. The van der Waals surface area contributed by atoms with E-state index in [-0.39, 0.29) is 12.1 Å². The lowest BCUT2D eigenvalue weighted by molar-refractivity contribution is 0.165. The highest BCUT2D eigenvalue weighted by Gasteiger charge is 2.29. The number of nitrogens with one attached hydrogen (secondary N) is 1. The van der Waals surface area contributed by atoms with Gasteiger partial charge in [0.05, 0.1) is 12.9 Å². The van der Waals surface area contributed by atoms with E-state index >= 15 is 0 Å². The molecule has 164 valence electrons. The maximum absolute atomic E-state index is 13.2.